The number of hydrogen-bond donors (Lipinski definition) is 2. The van der Waals surface area contributed by atoms with Crippen molar-refractivity contribution in [1.82, 2.24) is 15.5 Å². The van der Waals surface area contributed by atoms with Crippen LogP contribution in [0.2, 0.25) is 0 Å². The van der Waals surface area contributed by atoms with Crippen LogP contribution in [0, 0.1) is 11.6 Å². The van der Waals surface area contributed by atoms with Gasteiger partial charge in [-0.15, -0.1) is 0 Å². The van der Waals surface area contributed by atoms with Gasteiger partial charge in [0.2, 0.25) is 11.8 Å². The minimum Gasteiger partial charge on any atom is -0.378 e. The quantitative estimate of drug-likeness (QED) is 0.572. The molecule has 0 unspecified atom stereocenters. The van der Waals surface area contributed by atoms with E-state index < -0.39 is 17.8 Å². The highest BCUT2D eigenvalue weighted by Gasteiger charge is 2.39. The first-order valence-electron chi connectivity index (χ1n) is 11.9. The Balaban J connectivity index is 1.29. The van der Waals surface area contributed by atoms with Crippen molar-refractivity contribution in [2.75, 3.05) is 26.3 Å². The van der Waals surface area contributed by atoms with Gasteiger partial charge in [0.25, 0.3) is 5.91 Å². The molecule has 2 aromatic carbocycles. The number of benzene rings is 2. The van der Waals surface area contributed by atoms with Crippen LogP contribution in [0.5, 0.6) is 0 Å². The molecule has 1 aliphatic heterocycles. The topological polar surface area (TPSA) is 87.7 Å². The van der Waals surface area contributed by atoms with E-state index in [1.165, 1.54) is 30.3 Å². The number of nitrogens with one attached hydrogen (secondary N) is 2. The van der Waals surface area contributed by atoms with Crippen LogP contribution in [0.15, 0.2) is 48.5 Å². The van der Waals surface area contributed by atoms with Gasteiger partial charge in [-0.2, -0.15) is 0 Å². The highest BCUT2D eigenvalue weighted by Crippen LogP contribution is 2.40. The summed E-state index contributed by atoms with van der Waals surface area (Å²) >= 11 is 0. The first-order chi connectivity index (χ1) is 16.9. The summed E-state index contributed by atoms with van der Waals surface area (Å²) in [5, 5.41) is 5.70. The van der Waals surface area contributed by atoms with Crippen LogP contribution in [0.3, 0.4) is 0 Å². The summed E-state index contributed by atoms with van der Waals surface area (Å²) in [6, 6.07) is 10.8. The minimum absolute atomic E-state index is 0.0198. The van der Waals surface area contributed by atoms with Crippen LogP contribution >= 0.6 is 0 Å². The van der Waals surface area contributed by atoms with Crippen LogP contribution in [0.4, 0.5) is 8.78 Å². The molecule has 2 fully saturated rings. The second-order valence-corrected chi connectivity index (χ2v) is 8.93. The minimum atomic E-state index is -0.829. The van der Waals surface area contributed by atoms with Crippen molar-refractivity contribution in [3.05, 3.63) is 71.3 Å². The fraction of sp³-hybridized carbons (Fsp3) is 0.423. The van der Waals surface area contributed by atoms with Crippen LogP contribution in [0.25, 0.3) is 0 Å². The number of ether oxygens (including phenoxy) is 1. The molecule has 0 bridgehead atoms. The summed E-state index contributed by atoms with van der Waals surface area (Å²) < 4.78 is 31.9. The van der Waals surface area contributed by atoms with Gasteiger partial charge >= 0.3 is 0 Å². The number of hydrogen-bond acceptors (Lipinski definition) is 4. The van der Waals surface area contributed by atoms with Crippen LogP contribution in [0.1, 0.15) is 47.5 Å². The Hall–Kier alpha value is -3.33. The Morgan fingerprint density at radius 3 is 2.49 bits per heavy atom. The lowest BCUT2D eigenvalue weighted by molar-refractivity contribution is -0.137. The van der Waals surface area contributed by atoms with E-state index in [2.05, 4.69) is 10.6 Å². The van der Waals surface area contributed by atoms with Crippen molar-refractivity contribution in [2.24, 2.45) is 0 Å². The number of halogens is 2. The molecule has 2 aromatic rings. The third kappa shape index (κ3) is 6.85. The molecule has 186 valence electrons. The van der Waals surface area contributed by atoms with Crippen LogP contribution < -0.4 is 10.6 Å². The van der Waals surface area contributed by atoms with Gasteiger partial charge in [0, 0.05) is 37.0 Å². The summed E-state index contributed by atoms with van der Waals surface area (Å²) in [4.78, 5) is 39.8. The van der Waals surface area contributed by atoms with E-state index in [0.717, 1.165) is 18.1 Å². The summed E-state index contributed by atoms with van der Waals surface area (Å²) in [6.45, 7) is 1.71. The summed E-state index contributed by atoms with van der Waals surface area (Å²) in [5.41, 5.74) is 1.12. The molecule has 1 aliphatic carbocycles. The number of amides is 3. The summed E-state index contributed by atoms with van der Waals surface area (Å²) in [6.07, 6.45) is 1.68. The molecule has 3 atom stereocenters. The average Bonchev–Trinajstić information content (AvgIpc) is 3.62. The fourth-order valence-electron chi connectivity index (χ4n) is 4.31. The van der Waals surface area contributed by atoms with Gasteiger partial charge in [0.1, 0.15) is 17.7 Å². The van der Waals surface area contributed by atoms with Crippen molar-refractivity contribution >= 4 is 17.7 Å². The molecule has 4 rings (SSSR count). The van der Waals surface area contributed by atoms with Crippen LogP contribution in [-0.2, 0) is 14.3 Å². The highest BCUT2D eigenvalue weighted by atomic mass is 19.1. The van der Waals surface area contributed by atoms with E-state index in [1.54, 1.807) is 17.0 Å². The van der Waals surface area contributed by atoms with Crippen molar-refractivity contribution in [3.63, 3.8) is 0 Å². The molecule has 2 aliphatic rings. The van der Waals surface area contributed by atoms with Gasteiger partial charge in [0.05, 0.1) is 13.2 Å². The van der Waals surface area contributed by atoms with E-state index in [0.29, 0.717) is 32.7 Å². The second-order valence-electron chi connectivity index (χ2n) is 8.93. The zero-order valence-corrected chi connectivity index (χ0v) is 19.3. The van der Waals surface area contributed by atoms with E-state index in [-0.39, 0.29) is 48.0 Å². The fourth-order valence-corrected chi connectivity index (χ4v) is 4.31. The molecule has 7 nitrogen and oxygen atoms in total. The maximum Gasteiger partial charge on any atom is 0.252 e. The lowest BCUT2D eigenvalue weighted by atomic mass is 10.1. The number of carbonyl (C=O) groups excluding carboxylic acids is 3. The largest absolute Gasteiger partial charge is 0.378 e. The molecule has 1 saturated heterocycles. The maximum absolute atomic E-state index is 13.5. The molecule has 0 aromatic heterocycles. The van der Waals surface area contributed by atoms with E-state index in [4.69, 9.17) is 4.74 Å². The molecule has 3 amide bonds. The van der Waals surface area contributed by atoms with Gasteiger partial charge in [-0.1, -0.05) is 18.2 Å². The number of nitrogens with zero attached hydrogens (tertiary/aromatic N) is 1. The molecule has 1 heterocycles. The molecule has 1 saturated carbocycles. The normalized spacial score (nSPS) is 20.1. The highest BCUT2D eigenvalue weighted by molar-refractivity contribution is 5.97. The Kier molecular flexibility index (Phi) is 8.07. The summed E-state index contributed by atoms with van der Waals surface area (Å²) in [5.74, 6) is -1.56. The Morgan fingerprint density at radius 1 is 1.03 bits per heavy atom. The van der Waals surface area contributed by atoms with Crippen molar-refractivity contribution in [2.45, 2.75) is 43.7 Å². The predicted molar refractivity (Wildman–Crippen MR) is 125 cm³/mol. The number of rotatable bonds is 9. The first-order valence-corrected chi connectivity index (χ1v) is 11.9. The zero-order chi connectivity index (χ0) is 24.8. The molecule has 0 radical (unpaired) electrons. The molecular formula is C26H29F2N3O4. The molecule has 35 heavy (non-hydrogen) atoms. The zero-order valence-electron chi connectivity index (χ0n) is 19.3. The van der Waals surface area contributed by atoms with Crippen molar-refractivity contribution in [1.29, 1.82) is 0 Å². The second kappa shape index (κ2) is 11.4. The van der Waals surface area contributed by atoms with E-state index in [1.807, 2.05) is 0 Å². The van der Waals surface area contributed by atoms with E-state index >= 15 is 0 Å². The van der Waals surface area contributed by atoms with Gasteiger partial charge in [0.15, 0.2) is 0 Å². The lowest BCUT2D eigenvalue weighted by Crippen LogP contribution is -2.51. The molecule has 0 spiro atoms. The Labute approximate surface area is 202 Å². The monoisotopic (exact) mass is 485 g/mol. The average molecular weight is 486 g/mol. The van der Waals surface area contributed by atoms with Crippen LogP contribution in [-0.4, -0.2) is 61.0 Å². The number of morpholine rings is 1. The Bertz CT molecular complexity index is 1060. The first kappa shape index (κ1) is 24.8. The van der Waals surface area contributed by atoms with Gasteiger partial charge in [-0.25, -0.2) is 8.78 Å². The van der Waals surface area contributed by atoms with Crippen molar-refractivity contribution < 1.29 is 27.9 Å². The molecule has 2 N–H and O–H groups in total. The standard InChI is InChI=1S/C26H29F2N3O4/c27-19-9-7-17(8-10-19)21-16-23(21)29-24(32)6-2-5-22(26(34)31-11-13-35-14-12-31)30-25(33)18-3-1-4-20(28)15-18/h1,3-4,7-10,15,21-23H,2,5-6,11-14,16H2,(H,29,32)(H,30,33)/t21-,22-,23-/m0/s1. The third-order valence-electron chi connectivity index (χ3n) is 6.34. The lowest BCUT2D eigenvalue weighted by Gasteiger charge is -2.30. The van der Waals surface area contributed by atoms with Gasteiger partial charge in [-0.05, 0) is 55.2 Å². The third-order valence-corrected chi connectivity index (χ3v) is 6.34. The molecule has 9 heteroatoms. The Morgan fingerprint density at radius 2 is 1.77 bits per heavy atom. The SMILES string of the molecule is O=C(CCC[C@H](NC(=O)c1cccc(F)c1)C(=O)N1CCOCC1)N[C@H]1C[C@H]1c1ccc(F)cc1. The number of carbonyl (C=O) groups is 3. The van der Waals surface area contributed by atoms with Gasteiger partial charge in [-0.3, -0.25) is 14.4 Å². The maximum atomic E-state index is 13.5. The predicted octanol–water partition coefficient (Wildman–Crippen LogP) is 2.76. The van der Waals surface area contributed by atoms with E-state index in [9.17, 15) is 23.2 Å². The van der Waals surface area contributed by atoms with Crippen molar-refractivity contribution in [3.8, 4) is 0 Å². The molecular weight excluding hydrogens is 456 g/mol. The van der Waals surface area contributed by atoms with Gasteiger partial charge < -0.3 is 20.3 Å². The smallest absolute Gasteiger partial charge is 0.252 e. The summed E-state index contributed by atoms with van der Waals surface area (Å²) in [7, 11) is 0.